The second-order valence-corrected chi connectivity index (χ2v) is 40.8. The quantitative estimate of drug-likeness (QED) is 0.132. The molecule has 5 aliphatic carbocycles. The SMILES string of the molecule is c1ccc2c(c1)Cc1cc3c(cc1-2)-c1ccc2c4cccnc4n4c5cccnc5nc4c2c1C3.c1ccc2c(c1)Cc1cc3c(cc1-2)sc1cc2c(cc13)c1cccnc1n1c3cccnc3nc21.c1ccc2c(c1)Cc1ccc3c(sc4cc5c(cc43)c3cccnc3n3c4cccnc4nc53)c1-2.c1ccc2c(c1)Cc1ccc3sc4c(ccc5c6cccnc6n6c7cccnc7nc6c54)c3c1-2. The standard InChI is InChI=1S/C31H18N4.3C30H16N4S/c1-2-6-20-17(5-1)13-18-14-19-15-26-21(25(19)16-24(18)20)9-10-22-23-7-3-12-33-30(23)35-27-8-4-11-32-29(27)34-31(35)28(22)26;1-2-6-18-16(5-1)15-17-9-12-23-25(24(17)18)21-11-10-19-20-7-3-14-32-29(20)34-22-8-4-13-31-28(22)33-30(34)26(19)27(21)35-23;1-2-6-18-16(5-1)13-17-9-10-19-22-14-21-20-7-3-12-32-29(20)34-24-8-4-11-31-28(24)33-30(34)23(21)15-25(22)35-27(19)26(17)18;1-2-6-18-16(5-1)11-17-12-22-23-13-21-19-7-3-10-32-29(19)34-25-8-4-9-31-28(25)33-30(34)24(21)15-27(23)35-26(22)14-20(17)18/h1-12,14,16H,13,15H2;1-14H,15H2;1-12,14-15H,13H2;1-10,12-15H,11H2. The molecule has 0 fully saturated rings. The number of benzene rings is 12. The smallest absolute Gasteiger partial charge is 0.178 e. The summed E-state index contributed by atoms with van der Waals surface area (Å²) >= 11 is 5.64. The van der Waals surface area contributed by atoms with E-state index in [1.807, 2.05) is 120 Å². The number of pyridine rings is 12. The van der Waals surface area contributed by atoms with Crippen LogP contribution in [0, 0.1) is 0 Å². The summed E-state index contributed by atoms with van der Waals surface area (Å²) < 4.78 is 16.6. The predicted molar refractivity (Wildman–Crippen MR) is 573 cm³/mol. The second-order valence-electron chi connectivity index (χ2n) is 37.6. The molecule has 19 heterocycles. The molecule has 0 atom stereocenters. The van der Waals surface area contributed by atoms with Gasteiger partial charge in [-0.3, -0.25) is 17.6 Å². The molecule has 0 unspecified atom stereocenters. The number of nitrogens with zero attached hydrogens (tertiary/aromatic N) is 16. The largest absolute Gasteiger partial charge is 0.274 e. The van der Waals surface area contributed by atoms with Crippen molar-refractivity contribution in [1.29, 1.82) is 0 Å². The Kier molecular flexibility index (Phi) is 15.2. The van der Waals surface area contributed by atoms with Gasteiger partial charge in [0, 0.05) is 159 Å². The van der Waals surface area contributed by atoms with Crippen molar-refractivity contribution >= 4 is 249 Å². The summed E-state index contributed by atoms with van der Waals surface area (Å²) in [6, 6.07) is 106. The van der Waals surface area contributed by atoms with Crippen LogP contribution in [-0.4, -0.2) is 77.4 Å². The Morgan fingerprint density at radius 2 is 0.571 bits per heavy atom. The molecule has 140 heavy (non-hydrogen) atoms. The lowest BCUT2D eigenvalue weighted by atomic mass is 9.96. The Labute approximate surface area is 804 Å². The van der Waals surface area contributed by atoms with E-state index < -0.39 is 0 Å². The first-order valence-electron chi connectivity index (χ1n) is 47.3. The number of hydrogen-bond acceptors (Lipinski definition) is 15. The molecule has 0 saturated heterocycles. The van der Waals surface area contributed by atoms with E-state index in [2.05, 4.69) is 280 Å². The van der Waals surface area contributed by atoms with Crippen LogP contribution in [0.2, 0.25) is 0 Å². The first-order chi connectivity index (χ1) is 69.4. The van der Waals surface area contributed by atoms with Gasteiger partial charge in [0.25, 0.3) is 0 Å². The van der Waals surface area contributed by atoms with Gasteiger partial charge in [-0.25, -0.2) is 59.8 Å². The van der Waals surface area contributed by atoms with Gasteiger partial charge in [-0.15, -0.1) is 34.0 Å². The molecule has 19 aromatic heterocycles. The zero-order chi connectivity index (χ0) is 90.7. The molecule has 648 valence electrons. The molecule has 0 N–H and O–H groups in total. The Balaban J connectivity index is 0.0000000829. The van der Waals surface area contributed by atoms with Gasteiger partial charge in [-0.2, -0.15) is 0 Å². The van der Waals surface area contributed by atoms with E-state index in [1.165, 1.54) is 204 Å². The molecule has 0 saturated carbocycles. The average molecular weight is 1840 g/mol. The third-order valence-corrected chi connectivity index (χ3v) is 33.9. The molecule has 16 nitrogen and oxygen atoms in total. The van der Waals surface area contributed by atoms with E-state index in [0.29, 0.717) is 0 Å². The van der Waals surface area contributed by atoms with Gasteiger partial charge in [0.15, 0.2) is 28.2 Å². The maximum Gasteiger partial charge on any atom is 0.178 e. The van der Waals surface area contributed by atoms with Crippen LogP contribution < -0.4 is 0 Å². The number of hydrogen-bond donors (Lipinski definition) is 0. The van der Waals surface area contributed by atoms with E-state index in [1.54, 1.807) is 12.4 Å². The van der Waals surface area contributed by atoms with Crippen molar-refractivity contribution in [1.82, 2.24) is 77.4 Å². The van der Waals surface area contributed by atoms with Gasteiger partial charge in [-0.1, -0.05) is 146 Å². The summed E-state index contributed by atoms with van der Waals surface area (Å²) in [5.74, 6) is 0. The van der Waals surface area contributed by atoms with Crippen LogP contribution in [0.3, 0.4) is 0 Å². The Morgan fingerprint density at radius 3 is 1.14 bits per heavy atom. The van der Waals surface area contributed by atoms with Crippen molar-refractivity contribution < 1.29 is 0 Å². The number of aromatic nitrogens is 16. The fraction of sp³-hybridized carbons (Fsp3) is 0.0413. The summed E-state index contributed by atoms with van der Waals surface area (Å²) in [6.07, 6.45) is 19.6. The topological polar surface area (TPSA) is 172 Å². The van der Waals surface area contributed by atoms with Crippen LogP contribution in [0.25, 0.3) is 271 Å². The Morgan fingerprint density at radius 1 is 0.186 bits per heavy atom. The molecule has 0 amide bonds. The van der Waals surface area contributed by atoms with E-state index in [0.717, 1.165) is 154 Å². The maximum atomic E-state index is 5.04. The minimum absolute atomic E-state index is 0.748. The second kappa shape index (κ2) is 28.1. The lowest BCUT2D eigenvalue weighted by Crippen LogP contribution is -1.96. The monoisotopic (exact) mass is 1840 g/mol. The fourth-order valence-electron chi connectivity index (χ4n) is 24.5. The van der Waals surface area contributed by atoms with Crippen LogP contribution in [0.1, 0.15) is 55.6 Å². The van der Waals surface area contributed by atoms with Crippen molar-refractivity contribution in [2.45, 2.75) is 32.1 Å². The molecule has 19 heteroatoms. The summed E-state index contributed by atoms with van der Waals surface area (Å²) in [4.78, 5) is 57.3. The third-order valence-electron chi connectivity index (χ3n) is 30.4. The molecule has 0 spiro atoms. The normalized spacial score (nSPS) is 13.1. The number of thiophene rings is 3. The zero-order valence-electron chi connectivity index (χ0n) is 74.2. The van der Waals surface area contributed by atoms with Crippen molar-refractivity contribution in [3.05, 3.63) is 396 Å². The summed E-state index contributed by atoms with van der Waals surface area (Å²) in [7, 11) is 0. The number of rotatable bonds is 0. The molecule has 12 aromatic carbocycles. The summed E-state index contributed by atoms with van der Waals surface area (Å²) in [5, 5.41) is 21.9. The molecule has 36 rings (SSSR count). The zero-order valence-corrected chi connectivity index (χ0v) is 76.7. The van der Waals surface area contributed by atoms with E-state index in [9.17, 15) is 0 Å². The van der Waals surface area contributed by atoms with Crippen molar-refractivity contribution in [2.75, 3.05) is 0 Å². The third kappa shape index (κ3) is 10.4. The van der Waals surface area contributed by atoms with Crippen molar-refractivity contribution in [2.24, 2.45) is 0 Å². The highest BCUT2D eigenvalue weighted by atomic mass is 32.1. The van der Waals surface area contributed by atoms with Gasteiger partial charge in [0.05, 0.1) is 22.1 Å². The van der Waals surface area contributed by atoms with Crippen LogP contribution in [0.15, 0.2) is 341 Å². The molecule has 0 bridgehead atoms. The lowest BCUT2D eigenvalue weighted by Gasteiger charge is -2.12. The molecule has 31 aromatic rings. The minimum Gasteiger partial charge on any atom is -0.274 e. The number of fused-ring (bicyclic) bond motifs is 60. The van der Waals surface area contributed by atoms with Gasteiger partial charge in [0.1, 0.15) is 39.5 Å². The Hall–Kier alpha value is -17.6. The van der Waals surface area contributed by atoms with Crippen LogP contribution in [0.4, 0.5) is 0 Å². The molecule has 0 aliphatic heterocycles. The summed E-state index contributed by atoms with van der Waals surface area (Å²) in [6.45, 7) is 0. The maximum absolute atomic E-state index is 5.04. The van der Waals surface area contributed by atoms with Crippen LogP contribution in [-0.2, 0) is 32.1 Å². The van der Waals surface area contributed by atoms with Crippen LogP contribution >= 0.6 is 34.0 Å². The lowest BCUT2D eigenvalue weighted by molar-refractivity contribution is 1.21. The highest BCUT2D eigenvalue weighted by Gasteiger charge is 2.33. The fourth-order valence-corrected chi connectivity index (χ4v) is 28.2. The van der Waals surface area contributed by atoms with Gasteiger partial charge in [-0.05, 0) is 305 Å². The van der Waals surface area contributed by atoms with Gasteiger partial charge >= 0.3 is 0 Å². The Bertz CT molecular complexity index is 11200. The molecule has 0 radical (unpaired) electrons. The summed E-state index contributed by atoms with van der Waals surface area (Å²) in [5.41, 5.74) is 42.3. The minimum atomic E-state index is 0.748. The van der Waals surface area contributed by atoms with E-state index in [4.69, 9.17) is 39.9 Å². The first kappa shape index (κ1) is 75.7. The van der Waals surface area contributed by atoms with E-state index in [-0.39, 0.29) is 0 Å². The highest BCUT2D eigenvalue weighted by molar-refractivity contribution is 7.27. The first-order valence-corrected chi connectivity index (χ1v) is 49.8. The molecular weight excluding hydrogens is 1770 g/mol. The molecule has 5 aliphatic rings. The highest BCUT2D eigenvalue weighted by Crippen LogP contribution is 2.55. The van der Waals surface area contributed by atoms with Crippen LogP contribution in [0.5, 0.6) is 0 Å². The predicted octanol–water partition coefficient (Wildman–Crippen LogP) is 29.3. The van der Waals surface area contributed by atoms with Crippen molar-refractivity contribution in [3.63, 3.8) is 0 Å². The van der Waals surface area contributed by atoms with Gasteiger partial charge < -0.3 is 0 Å². The number of imidazole rings is 4. The van der Waals surface area contributed by atoms with E-state index >= 15 is 0 Å². The van der Waals surface area contributed by atoms with Gasteiger partial charge in [0.2, 0.25) is 0 Å². The van der Waals surface area contributed by atoms with Crippen molar-refractivity contribution in [3.8, 4) is 55.6 Å². The average Bonchev–Trinajstić information content (AvgIpc) is 1.54. The molecular formula is C121H66N16S3.